The van der Waals surface area contributed by atoms with Crippen molar-refractivity contribution in [3.05, 3.63) is 106 Å². The maximum atomic E-state index is 13.0. The van der Waals surface area contributed by atoms with E-state index in [-0.39, 0.29) is 13.2 Å². The molecule has 0 aliphatic rings. The molecular formula is C31H34O6. The van der Waals surface area contributed by atoms with E-state index in [2.05, 4.69) is 0 Å². The van der Waals surface area contributed by atoms with E-state index in [1.807, 2.05) is 39.0 Å². The van der Waals surface area contributed by atoms with Gasteiger partial charge in [0.2, 0.25) is 0 Å². The van der Waals surface area contributed by atoms with Gasteiger partial charge in [0.1, 0.15) is 18.8 Å². The van der Waals surface area contributed by atoms with Gasteiger partial charge in [-0.1, -0.05) is 53.1 Å². The SMILES string of the molecule is Cc1cccc(C(=O)OCC(C)(COC(=O)c2cccc(C)c2)C(C)(C)OC(=O)c2cccc(C)c2)c1. The van der Waals surface area contributed by atoms with Gasteiger partial charge in [0.15, 0.2) is 0 Å². The topological polar surface area (TPSA) is 78.9 Å². The Hall–Kier alpha value is -3.93. The van der Waals surface area contributed by atoms with Crippen LogP contribution in [0.2, 0.25) is 0 Å². The Morgan fingerprint density at radius 3 is 1.30 bits per heavy atom. The first kappa shape index (κ1) is 27.7. The van der Waals surface area contributed by atoms with Gasteiger partial charge in [0.25, 0.3) is 0 Å². The van der Waals surface area contributed by atoms with Crippen molar-refractivity contribution in [3.63, 3.8) is 0 Å². The number of aryl methyl sites for hydroxylation is 3. The molecule has 0 aliphatic heterocycles. The number of esters is 3. The first-order chi connectivity index (χ1) is 17.4. The molecule has 0 N–H and O–H groups in total. The fourth-order valence-electron chi connectivity index (χ4n) is 3.74. The van der Waals surface area contributed by atoms with Gasteiger partial charge < -0.3 is 14.2 Å². The lowest BCUT2D eigenvalue weighted by Crippen LogP contribution is -2.51. The average Bonchev–Trinajstić information content (AvgIpc) is 2.85. The first-order valence-corrected chi connectivity index (χ1v) is 12.2. The van der Waals surface area contributed by atoms with E-state index in [1.54, 1.807) is 75.4 Å². The van der Waals surface area contributed by atoms with Crippen LogP contribution in [0.1, 0.15) is 68.5 Å². The Balaban J connectivity index is 1.83. The molecule has 6 nitrogen and oxygen atoms in total. The molecule has 0 aromatic heterocycles. The van der Waals surface area contributed by atoms with Crippen LogP contribution >= 0.6 is 0 Å². The highest BCUT2D eigenvalue weighted by Gasteiger charge is 2.47. The molecular weight excluding hydrogens is 468 g/mol. The molecule has 3 aromatic carbocycles. The average molecular weight is 503 g/mol. The molecule has 0 spiro atoms. The predicted molar refractivity (Wildman–Crippen MR) is 142 cm³/mol. The Morgan fingerprint density at radius 2 is 0.946 bits per heavy atom. The van der Waals surface area contributed by atoms with E-state index in [0.29, 0.717) is 16.7 Å². The molecule has 3 aromatic rings. The van der Waals surface area contributed by atoms with Gasteiger partial charge in [-0.2, -0.15) is 0 Å². The van der Waals surface area contributed by atoms with Crippen LogP contribution in [-0.2, 0) is 14.2 Å². The number of benzene rings is 3. The van der Waals surface area contributed by atoms with E-state index in [0.717, 1.165) is 16.7 Å². The van der Waals surface area contributed by atoms with Crippen LogP contribution in [-0.4, -0.2) is 36.7 Å². The van der Waals surface area contributed by atoms with Gasteiger partial charge in [-0.15, -0.1) is 0 Å². The van der Waals surface area contributed by atoms with Crippen molar-refractivity contribution in [2.24, 2.45) is 5.41 Å². The Labute approximate surface area is 218 Å². The van der Waals surface area contributed by atoms with Crippen molar-refractivity contribution in [2.45, 2.75) is 47.1 Å². The fraction of sp³-hybridized carbons (Fsp3) is 0.323. The minimum atomic E-state index is -1.17. The van der Waals surface area contributed by atoms with Gasteiger partial charge >= 0.3 is 17.9 Å². The van der Waals surface area contributed by atoms with E-state index >= 15 is 0 Å². The fourth-order valence-corrected chi connectivity index (χ4v) is 3.74. The van der Waals surface area contributed by atoms with Crippen LogP contribution in [0.25, 0.3) is 0 Å². The summed E-state index contributed by atoms with van der Waals surface area (Å²) in [6.07, 6.45) is 0. The van der Waals surface area contributed by atoms with Crippen LogP contribution in [0.4, 0.5) is 0 Å². The second kappa shape index (κ2) is 11.4. The van der Waals surface area contributed by atoms with Crippen molar-refractivity contribution < 1.29 is 28.6 Å². The van der Waals surface area contributed by atoms with E-state index in [9.17, 15) is 14.4 Å². The standard InChI is InChI=1S/C31H34O6/c1-21-10-7-13-24(16-21)27(32)35-19-31(6,20-36-28(33)25-14-8-11-22(2)17-25)30(4,5)37-29(34)26-15-9-12-23(3)18-26/h7-18H,19-20H2,1-6H3. The molecule has 6 heteroatoms. The molecule has 0 amide bonds. The zero-order chi connectivity index (χ0) is 27.2. The summed E-state index contributed by atoms with van der Waals surface area (Å²) in [5.74, 6) is -1.54. The molecule has 194 valence electrons. The Bertz CT molecular complexity index is 1230. The molecule has 0 bridgehead atoms. The highest BCUT2D eigenvalue weighted by Crippen LogP contribution is 2.36. The molecule has 0 unspecified atom stereocenters. The van der Waals surface area contributed by atoms with Crippen LogP contribution in [0.15, 0.2) is 72.8 Å². The van der Waals surface area contributed by atoms with Gasteiger partial charge in [-0.05, 0) is 77.9 Å². The summed E-state index contributed by atoms with van der Waals surface area (Å²) in [4.78, 5) is 38.6. The van der Waals surface area contributed by atoms with Gasteiger partial charge in [0.05, 0.1) is 22.1 Å². The molecule has 0 atom stereocenters. The van der Waals surface area contributed by atoms with Gasteiger partial charge in [-0.25, -0.2) is 14.4 Å². The molecule has 0 heterocycles. The van der Waals surface area contributed by atoms with Crippen LogP contribution in [0.3, 0.4) is 0 Å². The van der Waals surface area contributed by atoms with Crippen LogP contribution in [0, 0.1) is 26.2 Å². The maximum absolute atomic E-state index is 13.0. The minimum absolute atomic E-state index is 0.144. The van der Waals surface area contributed by atoms with Crippen molar-refractivity contribution in [2.75, 3.05) is 13.2 Å². The third-order valence-corrected chi connectivity index (χ3v) is 6.61. The molecule has 37 heavy (non-hydrogen) atoms. The molecule has 3 rings (SSSR count). The Morgan fingerprint density at radius 1 is 0.595 bits per heavy atom. The zero-order valence-corrected chi connectivity index (χ0v) is 22.3. The van der Waals surface area contributed by atoms with E-state index in [1.165, 1.54) is 0 Å². The quantitative estimate of drug-likeness (QED) is 0.254. The summed E-state index contributed by atoms with van der Waals surface area (Å²) >= 11 is 0. The second-order valence-corrected chi connectivity index (χ2v) is 10.2. The highest BCUT2D eigenvalue weighted by atomic mass is 16.6. The number of hydrogen-bond acceptors (Lipinski definition) is 6. The molecule has 0 aliphatic carbocycles. The molecule has 0 saturated heterocycles. The summed E-state index contributed by atoms with van der Waals surface area (Å²) in [5, 5.41) is 0. The third kappa shape index (κ3) is 7.06. The lowest BCUT2D eigenvalue weighted by molar-refractivity contribution is -0.114. The number of carbonyl (C=O) groups is 3. The van der Waals surface area contributed by atoms with Crippen molar-refractivity contribution >= 4 is 17.9 Å². The first-order valence-electron chi connectivity index (χ1n) is 12.2. The number of hydrogen-bond donors (Lipinski definition) is 0. The molecule has 0 fully saturated rings. The number of ether oxygens (including phenoxy) is 3. The van der Waals surface area contributed by atoms with Gasteiger partial charge in [0, 0.05) is 0 Å². The maximum Gasteiger partial charge on any atom is 0.338 e. The van der Waals surface area contributed by atoms with Crippen molar-refractivity contribution in [1.82, 2.24) is 0 Å². The largest absolute Gasteiger partial charge is 0.461 e. The van der Waals surface area contributed by atoms with Crippen LogP contribution < -0.4 is 0 Å². The lowest BCUT2D eigenvalue weighted by Gasteiger charge is -2.42. The third-order valence-electron chi connectivity index (χ3n) is 6.61. The summed E-state index contributed by atoms with van der Waals surface area (Å²) in [7, 11) is 0. The summed E-state index contributed by atoms with van der Waals surface area (Å²) in [5.41, 5.74) is 1.77. The predicted octanol–water partition coefficient (Wildman–Crippen LogP) is 6.27. The summed E-state index contributed by atoms with van der Waals surface area (Å²) < 4.78 is 17.3. The van der Waals surface area contributed by atoms with Crippen LogP contribution in [0.5, 0.6) is 0 Å². The van der Waals surface area contributed by atoms with E-state index < -0.39 is 28.9 Å². The molecule has 0 saturated carbocycles. The number of rotatable bonds is 9. The molecule has 0 radical (unpaired) electrons. The zero-order valence-electron chi connectivity index (χ0n) is 22.3. The summed E-state index contributed by atoms with van der Waals surface area (Å²) in [6, 6.07) is 21.3. The second-order valence-electron chi connectivity index (χ2n) is 10.2. The monoisotopic (exact) mass is 502 g/mol. The minimum Gasteiger partial charge on any atom is -0.461 e. The number of carbonyl (C=O) groups excluding carboxylic acids is 3. The summed E-state index contributed by atoms with van der Waals surface area (Å²) in [6.45, 7) is 10.6. The van der Waals surface area contributed by atoms with E-state index in [4.69, 9.17) is 14.2 Å². The Kier molecular flexibility index (Phi) is 8.53. The normalized spacial score (nSPS) is 11.5. The van der Waals surface area contributed by atoms with Crippen molar-refractivity contribution in [1.29, 1.82) is 0 Å². The van der Waals surface area contributed by atoms with Gasteiger partial charge in [-0.3, -0.25) is 0 Å². The lowest BCUT2D eigenvalue weighted by atomic mass is 9.76. The smallest absolute Gasteiger partial charge is 0.338 e. The highest BCUT2D eigenvalue weighted by molar-refractivity contribution is 5.91. The van der Waals surface area contributed by atoms with Crippen molar-refractivity contribution in [3.8, 4) is 0 Å².